The van der Waals surface area contributed by atoms with Crippen molar-refractivity contribution in [2.45, 2.75) is 76.2 Å². The van der Waals surface area contributed by atoms with E-state index in [0.29, 0.717) is 28.9 Å². The SMILES string of the molecule is CCOC(=O)c1cn(C[C@H](CCCSc2ccc(Cl)c(Cl)c2)O[Si](C)(C)C(C)(C)C)cn1. The molecule has 0 aliphatic heterocycles. The minimum atomic E-state index is -1.95. The first kappa shape index (κ1) is 27.3. The van der Waals surface area contributed by atoms with Crippen LogP contribution in [0.2, 0.25) is 28.2 Å². The minimum absolute atomic E-state index is 0.0366. The number of rotatable bonds is 11. The van der Waals surface area contributed by atoms with Crippen molar-refractivity contribution in [3.8, 4) is 0 Å². The topological polar surface area (TPSA) is 53.4 Å². The van der Waals surface area contributed by atoms with Crippen molar-refractivity contribution in [1.82, 2.24) is 9.55 Å². The van der Waals surface area contributed by atoms with Crippen LogP contribution in [0, 0.1) is 0 Å². The second-order valence-corrected chi connectivity index (χ2v) is 16.0. The van der Waals surface area contributed by atoms with Gasteiger partial charge < -0.3 is 13.7 Å². The number of thioether (sulfide) groups is 1. The molecule has 0 bridgehead atoms. The van der Waals surface area contributed by atoms with Crippen LogP contribution in [0.4, 0.5) is 0 Å². The van der Waals surface area contributed by atoms with Crippen molar-refractivity contribution in [2.75, 3.05) is 12.4 Å². The number of nitrogens with zero attached hydrogens (tertiary/aromatic N) is 2. The van der Waals surface area contributed by atoms with Gasteiger partial charge in [-0.15, -0.1) is 11.8 Å². The molecule has 2 aromatic rings. The van der Waals surface area contributed by atoms with Crippen molar-refractivity contribution >= 4 is 49.3 Å². The van der Waals surface area contributed by atoms with E-state index in [0.717, 1.165) is 23.5 Å². The summed E-state index contributed by atoms with van der Waals surface area (Å²) in [5, 5.41) is 1.26. The molecule has 0 radical (unpaired) electrons. The number of carbonyl (C=O) groups is 1. The summed E-state index contributed by atoms with van der Waals surface area (Å²) in [5.41, 5.74) is 0.327. The fraction of sp³-hybridized carbons (Fsp3) is 0.565. The molecule has 0 aliphatic carbocycles. The fourth-order valence-electron chi connectivity index (χ4n) is 2.85. The molecule has 32 heavy (non-hydrogen) atoms. The zero-order valence-corrected chi connectivity index (χ0v) is 23.1. The highest BCUT2D eigenvalue weighted by Gasteiger charge is 2.39. The number of hydrogen-bond acceptors (Lipinski definition) is 5. The maximum Gasteiger partial charge on any atom is 0.358 e. The number of carbonyl (C=O) groups excluding carboxylic acids is 1. The number of halogens is 2. The van der Waals surface area contributed by atoms with E-state index in [1.54, 1.807) is 31.2 Å². The van der Waals surface area contributed by atoms with E-state index in [9.17, 15) is 4.79 Å². The lowest BCUT2D eigenvalue weighted by molar-refractivity contribution is 0.0519. The first-order valence-electron chi connectivity index (χ1n) is 10.9. The van der Waals surface area contributed by atoms with Gasteiger partial charge in [0.25, 0.3) is 0 Å². The van der Waals surface area contributed by atoms with Crippen LogP contribution in [-0.4, -0.2) is 42.3 Å². The maximum atomic E-state index is 12.0. The van der Waals surface area contributed by atoms with E-state index in [-0.39, 0.29) is 11.1 Å². The average Bonchev–Trinajstić information content (AvgIpc) is 3.15. The summed E-state index contributed by atoms with van der Waals surface area (Å²) in [6, 6.07) is 5.72. The molecule has 1 aromatic heterocycles. The highest BCUT2D eigenvalue weighted by molar-refractivity contribution is 7.99. The molecule has 5 nitrogen and oxygen atoms in total. The van der Waals surface area contributed by atoms with Crippen molar-refractivity contribution < 1.29 is 14.0 Å². The molecule has 0 saturated carbocycles. The molecule has 1 aromatic carbocycles. The van der Waals surface area contributed by atoms with Crippen LogP contribution < -0.4 is 0 Å². The van der Waals surface area contributed by atoms with Crippen LogP contribution in [0.1, 0.15) is 51.0 Å². The maximum absolute atomic E-state index is 12.0. The first-order chi connectivity index (χ1) is 14.9. The lowest BCUT2D eigenvalue weighted by atomic mass is 10.2. The lowest BCUT2D eigenvalue weighted by Crippen LogP contribution is -2.45. The Kier molecular flexibility index (Phi) is 10.2. The molecule has 0 saturated heterocycles. The molecule has 0 unspecified atom stereocenters. The smallest absolute Gasteiger partial charge is 0.358 e. The minimum Gasteiger partial charge on any atom is -0.461 e. The zero-order valence-electron chi connectivity index (χ0n) is 19.8. The average molecular weight is 518 g/mol. The summed E-state index contributed by atoms with van der Waals surface area (Å²) in [6.07, 6.45) is 5.36. The Bertz CT molecular complexity index is 900. The Labute approximate surface area is 207 Å². The molecular formula is C23H34Cl2N2O3SSi. The highest BCUT2D eigenvalue weighted by atomic mass is 35.5. The van der Waals surface area contributed by atoms with Gasteiger partial charge in [-0.05, 0) is 61.8 Å². The van der Waals surface area contributed by atoms with Crippen LogP contribution in [0.25, 0.3) is 0 Å². The number of ether oxygens (including phenoxy) is 1. The third-order valence-corrected chi connectivity index (χ3v) is 12.0. The van der Waals surface area contributed by atoms with E-state index in [2.05, 4.69) is 38.8 Å². The largest absolute Gasteiger partial charge is 0.461 e. The Morgan fingerprint density at radius 3 is 2.59 bits per heavy atom. The Hall–Kier alpha value is -0.993. The van der Waals surface area contributed by atoms with Gasteiger partial charge in [-0.1, -0.05) is 44.0 Å². The summed E-state index contributed by atoms with van der Waals surface area (Å²) >= 11 is 13.9. The number of esters is 1. The fourth-order valence-corrected chi connectivity index (χ4v) is 5.51. The van der Waals surface area contributed by atoms with Crippen LogP contribution in [0.5, 0.6) is 0 Å². The third-order valence-electron chi connectivity index (χ3n) is 5.63. The number of imidazole rings is 1. The second-order valence-electron chi connectivity index (χ2n) is 9.24. The normalized spacial score (nSPS) is 13.2. The summed E-state index contributed by atoms with van der Waals surface area (Å²) in [4.78, 5) is 17.3. The zero-order chi connectivity index (χ0) is 23.9. The van der Waals surface area contributed by atoms with E-state index in [1.807, 2.05) is 22.8 Å². The molecule has 1 atom stereocenters. The molecule has 0 fully saturated rings. The van der Waals surface area contributed by atoms with E-state index in [4.69, 9.17) is 32.4 Å². The Morgan fingerprint density at radius 1 is 1.25 bits per heavy atom. The van der Waals surface area contributed by atoms with Crippen LogP contribution in [0.15, 0.2) is 35.6 Å². The van der Waals surface area contributed by atoms with Gasteiger partial charge in [0.1, 0.15) is 0 Å². The second kappa shape index (κ2) is 11.9. The number of benzene rings is 1. The number of hydrogen-bond donors (Lipinski definition) is 0. The first-order valence-corrected chi connectivity index (χ1v) is 15.5. The summed E-state index contributed by atoms with van der Waals surface area (Å²) in [7, 11) is -1.95. The molecule has 0 amide bonds. The van der Waals surface area contributed by atoms with Crippen LogP contribution in [0.3, 0.4) is 0 Å². The van der Waals surface area contributed by atoms with Crippen LogP contribution >= 0.6 is 35.0 Å². The summed E-state index contributed by atoms with van der Waals surface area (Å²) in [5.74, 6) is 0.555. The van der Waals surface area contributed by atoms with Gasteiger partial charge in [-0.25, -0.2) is 9.78 Å². The Balaban J connectivity index is 2.02. The van der Waals surface area contributed by atoms with Gasteiger partial charge in [0.15, 0.2) is 14.0 Å². The van der Waals surface area contributed by atoms with Crippen molar-refractivity contribution in [3.63, 3.8) is 0 Å². The standard InChI is InChI=1S/C23H34Cl2N2O3SSi/c1-7-29-22(28)21-15-27(16-26-21)14-17(30-32(5,6)23(2,3)4)9-8-12-31-18-10-11-19(24)20(25)13-18/h10-11,13,15-17H,7-9,12,14H2,1-6H3/t17-/m0/s1. The van der Waals surface area contributed by atoms with E-state index < -0.39 is 14.3 Å². The molecule has 178 valence electrons. The van der Waals surface area contributed by atoms with Gasteiger partial charge in [0.05, 0.1) is 29.1 Å². The molecule has 2 rings (SSSR count). The monoisotopic (exact) mass is 516 g/mol. The van der Waals surface area contributed by atoms with Crippen LogP contribution in [-0.2, 0) is 15.7 Å². The lowest BCUT2D eigenvalue weighted by Gasteiger charge is -2.39. The summed E-state index contributed by atoms with van der Waals surface area (Å²) in [6.45, 7) is 14.0. The molecule has 1 heterocycles. The van der Waals surface area contributed by atoms with Crippen molar-refractivity contribution in [3.05, 3.63) is 46.5 Å². The Morgan fingerprint density at radius 2 is 1.97 bits per heavy atom. The molecule has 0 N–H and O–H groups in total. The van der Waals surface area contributed by atoms with E-state index >= 15 is 0 Å². The van der Waals surface area contributed by atoms with Gasteiger partial charge in [-0.2, -0.15) is 0 Å². The predicted octanol–water partition coefficient (Wildman–Crippen LogP) is 7.33. The van der Waals surface area contributed by atoms with Gasteiger partial charge in [0.2, 0.25) is 0 Å². The number of aromatic nitrogens is 2. The third kappa shape index (κ3) is 8.10. The molecule has 0 aliphatic rings. The van der Waals surface area contributed by atoms with Gasteiger partial charge in [0, 0.05) is 17.6 Å². The highest BCUT2D eigenvalue weighted by Crippen LogP contribution is 2.38. The van der Waals surface area contributed by atoms with E-state index in [1.165, 1.54) is 0 Å². The molecule has 0 spiro atoms. The molecule has 9 heteroatoms. The molecular weight excluding hydrogens is 483 g/mol. The predicted molar refractivity (Wildman–Crippen MR) is 137 cm³/mol. The van der Waals surface area contributed by atoms with Crippen molar-refractivity contribution in [2.24, 2.45) is 0 Å². The quantitative estimate of drug-likeness (QED) is 0.135. The van der Waals surface area contributed by atoms with Gasteiger partial charge in [-0.3, -0.25) is 0 Å². The van der Waals surface area contributed by atoms with Crippen molar-refractivity contribution in [1.29, 1.82) is 0 Å². The van der Waals surface area contributed by atoms with Gasteiger partial charge >= 0.3 is 5.97 Å². The summed E-state index contributed by atoms with van der Waals surface area (Å²) < 4.78 is 13.7.